The Morgan fingerprint density at radius 1 is 0.526 bits per heavy atom. The van der Waals surface area contributed by atoms with Crippen molar-refractivity contribution < 1.29 is 15.0 Å². The molecule has 0 aliphatic rings. The van der Waals surface area contributed by atoms with Gasteiger partial charge in [-0.2, -0.15) is 0 Å². The van der Waals surface area contributed by atoms with Gasteiger partial charge in [0.25, 0.3) is 0 Å². The third-order valence-corrected chi connectivity index (χ3v) is 8.09. The summed E-state index contributed by atoms with van der Waals surface area (Å²) in [5.41, 5.74) is 0. The number of aliphatic hydroxyl groups excluding tert-OH is 2. The molecule has 0 rings (SSSR count). The molecular formula is C34H69NO3. The van der Waals surface area contributed by atoms with Crippen molar-refractivity contribution in [1.29, 1.82) is 0 Å². The van der Waals surface area contributed by atoms with Crippen molar-refractivity contribution in [1.82, 2.24) is 5.32 Å². The lowest BCUT2D eigenvalue weighted by Gasteiger charge is -2.22. The fourth-order valence-corrected chi connectivity index (χ4v) is 5.46. The highest BCUT2D eigenvalue weighted by atomic mass is 16.3. The molecule has 0 saturated carbocycles. The molecule has 0 spiro atoms. The number of aliphatic hydroxyl groups is 2. The summed E-state index contributed by atoms with van der Waals surface area (Å²) in [6.45, 7) is 4.05. The van der Waals surface area contributed by atoms with Crippen LogP contribution in [0.5, 0.6) is 0 Å². The molecule has 38 heavy (non-hydrogen) atoms. The Morgan fingerprint density at radius 3 is 1.13 bits per heavy atom. The first kappa shape index (κ1) is 37.4. The number of hydrogen-bond donors (Lipinski definition) is 3. The lowest BCUT2D eigenvalue weighted by Crippen LogP contribution is -2.45. The van der Waals surface area contributed by atoms with Gasteiger partial charge in [0.05, 0.1) is 18.8 Å². The molecule has 0 aromatic rings. The van der Waals surface area contributed by atoms with E-state index in [1.165, 1.54) is 148 Å². The van der Waals surface area contributed by atoms with Crippen molar-refractivity contribution in [2.45, 2.75) is 206 Å². The second kappa shape index (κ2) is 30.9. The zero-order chi connectivity index (χ0) is 27.9. The van der Waals surface area contributed by atoms with Crippen LogP contribution < -0.4 is 5.32 Å². The van der Waals surface area contributed by atoms with Crippen LogP contribution in [0.3, 0.4) is 0 Å². The summed E-state index contributed by atoms with van der Waals surface area (Å²) in [7, 11) is 0. The van der Waals surface area contributed by atoms with Crippen molar-refractivity contribution in [2.75, 3.05) is 6.61 Å². The molecule has 0 radical (unpaired) electrons. The maximum atomic E-state index is 11.7. The van der Waals surface area contributed by atoms with Gasteiger partial charge < -0.3 is 15.5 Å². The number of carbonyl (C=O) groups is 1. The van der Waals surface area contributed by atoms with Gasteiger partial charge in [0.2, 0.25) is 5.91 Å². The molecule has 0 aliphatic heterocycles. The first-order chi connectivity index (χ1) is 18.7. The summed E-state index contributed by atoms with van der Waals surface area (Å²) in [6.07, 6.45) is 35.8. The van der Waals surface area contributed by atoms with E-state index in [0.29, 0.717) is 12.8 Å². The van der Waals surface area contributed by atoms with Crippen molar-refractivity contribution >= 4 is 5.91 Å². The highest BCUT2D eigenvalue weighted by Gasteiger charge is 2.19. The molecular weight excluding hydrogens is 470 g/mol. The van der Waals surface area contributed by atoms with Gasteiger partial charge >= 0.3 is 0 Å². The van der Waals surface area contributed by atoms with Crippen LogP contribution in [0.1, 0.15) is 194 Å². The topological polar surface area (TPSA) is 69.6 Å². The van der Waals surface area contributed by atoms with E-state index in [1.807, 2.05) is 6.92 Å². The Bertz CT molecular complexity index is 471. The minimum Gasteiger partial charge on any atom is -0.394 e. The van der Waals surface area contributed by atoms with Crippen LogP contribution in [-0.4, -0.2) is 34.9 Å². The normalized spacial score (nSPS) is 13.1. The molecule has 2 atom stereocenters. The van der Waals surface area contributed by atoms with Gasteiger partial charge in [-0.05, 0) is 12.8 Å². The average Bonchev–Trinajstić information content (AvgIpc) is 2.91. The highest BCUT2D eigenvalue weighted by Crippen LogP contribution is 2.16. The quantitative estimate of drug-likeness (QED) is 0.0768. The van der Waals surface area contributed by atoms with E-state index in [2.05, 4.69) is 12.2 Å². The molecule has 4 heteroatoms. The lowest BCUT2D eigenvalue weighted by atomic mass is 10.0. The van der Waals surface area contributed by atoms with Gasteiger partial charge in [0.15, 0.2) is 0 Å². The molecule has 1 amide bonds. The summed E-state index contributed by atoms with van der Waals surface area (Å²) in [6, 6.07) is -0.525. The maximum Gasteiger partial charge on any atom is 0.220 e. The smallest absolute Gasteiger partial charge is 0.220 e. The number of carbonyl (C=O) groups excluding carboxylic acids is 1. The van der Waals surface area contributed by atoms with E-state index in [4.69, 9.17) is 0 Å². The fraction of sp³-hybridized carbons (Fsp3) is 0.971. The summed E-state index contributed by atoms with van der Waals surface area (Å²) in [5.74, 6) is -0.0830. The summed E-state index contributed by atoms with van der Waals surface area (Å²) in [4.78, 5) is 11.7. The standard InChI is InChI=1S/C34H69NO3/c1-3-5-6-7-8-9-10-11-12-13-14-15-16-17-18-19-20-21-22-23-24-25-26-27-28-30-33(37)32(31-36)35-34(38)29-4-2/h32-33,36-37H,3-31H2,1-2H3,(H,35,38). The highest BCUT2D eigenvalue weighted by molar-refractivity contribution is 5.76. The molecule has 228 valence electrons. The van der Waals surface area contributed by atoms with Crippen LogP contribution in [-0.2, 0) is 4.79 Å². The van der Waals surface area contributed by atoms with E-state index < -0.39 is 12.1 Å². The predicted molar refractivity (Wildman–Crippen MR) is 166 cm³/mol. The van der Waals surface area contributed by atoms with Gasteiger partial charge in [0.1, 0.15) is 0 Å². The van der Waals surface area contributed by atoms with Crippen LogP contribution in [0.2, 0.25) is 0 Å². The van der Waals surface area contributed by atoms with Gasteiger partial charge in [0, 0.05) is 6.42 Å². The minimum atomic E-state index is -0.648. The summed E-state index contributed by atoms with van der Waals surface area (Å²) >= 11 is 0. The van der Waals surface area contributed by atoms with Crippen molar-refractivity contribution in [2.24, 2.45) is 0 Å². The van der Waals surface area contributed by atoms with Crippen molar-refractivity contribution in [3.8, 4) is 0 Å². The molecule has 2 unspecified atom stereocenters. The van der Waals surface area contributed by atoms with E-state index in [-0.39, 0.29) is 12.5 Å². The van der Waals surface area contributed by atoms with Gasteiger partial charge in [-0.25, -0.2) is 0 Å². The van der Waals surface area contributed by atoms with E-state index in [9.17, 15) is 15.0 Å². The number of unbranched alkanes of at least 4 members (excludes halogenated alkanes) is 24. The maximum absolute atomic E-state index is 11.7. The SMILES string of the molecule is CCCCCCCCCCCCCCCCCCCCCCCCCCCC(O)C(CO)NC(=O)CCC. The fourth-order valence-electron chi connectivity index (χ4n) is 5.46. The number of amides is 1. The van der Waals surface area contributed by atoms with Crippen LogP contribution in [0, 0.1) is 0 Å². The molecule has 0 heterocycles. The minimum absolute atomic E-state index is 0.0830. The van der Waals surface area contributed by atoms with Crippen LogP contribution in [0.25, 0.3) is 0 Å². The van der Waals surface area contributed by atoms with E-state index in [1.54, 1.807) is 0 Å². The van der Waals surface area contributed by atoms with Crippen LogP contribution in [0.4, 0.5) is 0 Å². The van der Waals surface area contributed by atoms with Crippen LogP contribution >= 0.6 is 0 Å². The van der Waals surface area contributed by atoms with Gasteiger partial charge in [-0.1, -0.05) is 174 Å². The average molecular weight is 540 g/mol. The first-order valence-corrected chi connectivity index (χ1v) is 17.2. The first-order valence-electron chi connectivity index (χ1n) is 17.2. The summed E-state index contributed by atoms with van der Waals surface area (Å²) < 4.78 is 0. The molecule has 3 N–H and O–H groups in total. The second-order valence-corrected chi connectivity index (χ2v) is 11.9. The van der Waals surface area contributed by atoms with E-state index >= 15 is 0 Å². The third kappa shape index (κ3) is 27.0. The molecule has 0 aromatic heterocycles. The number of nitrogens with one attached hydrogen (secondary N) is 1. The zero-order valence-corrected chi connectivity index (χ0v) is 26.0. The predicted octanol–water partition coefficient (Wildman–Crippen LogP) is 9.79. The zero-order valence-electron chi connectivity index (χ0n) is 26.0. The number of hydrogen-bond acceptors (Lipinski definition) is 3. The summed E-state index contributed by atoms with van der Waals surface area (Å²) in [5, 5.41) is 22.4. The Hall–Kier alpha value is -0.610. The van der Waals surface area contributed by atoms with Crippen LogP contribution in [0.15, 0.2) is 0 Å². The van der Waals surface area contributed by atoms with Crippen molar-refractivity contribution in [3.63, 3.8) is 0 Å². The largest absolute Gasteiger partial charge is 0.394 e. The lowest BCUT2D eigenvalue weighted by molar-refractivity contribution is -0.123. The third-order valence-electron chi connectivity index (χ3n) is 8.09. The molecule has 0 aliphatic carbocycles. The second-order valence-electron chi connectivity index (χ2n) is 11.9. The van der Waals surface area contributed by atoms with E-state index in [0.717, 1.165) is 19.3 Å². The van der Waals surface area contributed by atoms with Crippen molar-refractivity contribution in [3.05, 3.63) is 0 Å². The molecule has 0 fully saturated rings. The Kier molecular flexibility index (Phi) is 30.4. The number of rotatable bonds is 31. The van der Waals surface area contributed by atoms with Gasteiger partial charge in [-0.15, -0.1) is 0 Å². The Balaban J connectivity index is 3.25. The molecule has 0 bridgehead atoms. The molecule has 0 saturated heterocycles. The molecule has 0 aromatic carbocycles. The van der Waals surface area contributed by atoms with Gasteiger partial charge in [-0.3, -0.25) is 4.79 Å². The molecule has 4 nitrogen and oxygen atoms in total. The monoisotopic (exact) mass is 540 g/mol. The Morgan fingerprint density at radius 2 is 0.842 bits per heavy atom. The Labute approximate surface area is 238 Å².